The number of hydrogen-bond acceptors (Lipinski definition) is 2. The second kappa shape index (κ2) is 5.37. The summed E-state index contributed by atoms with van der Waals surface area (Å²) in [6, 6.07) is 3.93. The van der Waals surface area contributed by atoms with Gasteiger partial charge in [0.05, 0.1) is 0 Å². The van der Waals surface area contributed by atoms with Gasteiger partial charge in [0.25, 0.3) is 0 Å². The number of hydrogen-bond donors (Lipinski definition) is 0. The molecule has 2 aromatic heterocycles. The summed E-state index contributed by atoms with van der Waals surface area (Å²) in [5.74, 6) is -0.210. The molecule has 0 aliphatic heterocycles. The van der Waals surface area contributed by atoms with Crippen LogP contribution in [-0.2, 0) is 0 Å². The van der Waals surface area contributed by atoms with Crippen molar-refractivity contribution in [1.29, 1.82) is 0 Å². The van der Waals surface area contributed by atoms with Crippen LogP contribution in [0.3, 0.4) is 0 Å². The molecule has 0 unspecified atom stereocenters. The average Bonchev–Trinajstić information content (AvgIpc) is 2.93. The van der Waals surface area contributed by atoms with Crippen molar-refractivity contribution < 1.29 is 26.3 Å². The Bertz CT molecular complexity index is 650. The molecule has 3 rings (SSSR count). The van der Waals surface area contributed by atoms with Gasteiger partial charge < -0.3 is 0 Å². The fraction of sp³-hybridized carbons (Fsp3) is 0.600. The molecule has 1 saturated carbocycles. The first-order valence-electron chi connectivity index (χ1n) is 7.17. The summed E-state index contributed by atoms with van der Waals surface area (Å²) >= 11 is 3.08. The maximum Gasteiger partial charge on any atom is 0.403 e. The van der Waals surface area contributed by atoms with Gasteiger partial charge in [-0.2, -0.15) is 26.3 Å². The summed E-state index contributed by atoms with van der Waals surface area (Å²) in [4.78, 5) is 2.05. The summed E-state index contributed by atoms with van der Waals surface area (Å²) in [7, 11) is 0. The van der Waals surface area contributed by atoms with E-state index >= 15 is 0 Å². The van der Waals surface area contributed by atoms with E-state index in [1.54, 1.807) is 11.3 Å². The van der Waals surface area contributed by atoms with Crippen molar-refractivity contribution >= 4 is 32.1 Å². The Labute approximate surface area is 137 Å². The summed E-state index contributed by atoms with van der Waals surface area (Å²) in [5.41, 5.74) is -3.54. The molecule has 1 fully saturated rings. The highest BCUT2D eigenvalue weighted by Crippen LogP contribution is 2.60. The van der Waals surface area contributed by atoms with Crippen LogP contribution in [0.4, 0.5) is 26.3 Å². The number of aryl methyl sites for hydroxylation is 1. The zero-order valence-electron chi connectivity index (χ0n) is 12.1. The summed E-state index contributed by atoms with van der Waals surface area (Å²) < 4.78 is 80.5. The van der Waals surface area contributed by atoms with Crippen LogP contribution in [0.1, 0.15) is 41.4 Å². The molecule has 0 aromatic carbocycles. The third-order valence-corrected chi connectivity index (χ3v) is 7.05. The minimum absolute atomic E-state index is 0.0776. The van der Waals surface area contributed by atoms with E-state index in [0.29, 0.717) is 0 Å². The predicted octanol–water partition coefficient (Wildman–Crippen LogP) is 7.04. The first kappa shape index (κ1) is 17.1. The van der Waals surface area contributed by atoms with Crippen molar-refractivity contribution in [3.8, 4) is 0 Å². The number of thiophene rings is 2. The SMILES string of the molecule is Cc1cc2sc(C3CCC(C(F)(F)F)(C(F)(F)F)CC3)cc2s1. The monoisotopic (exact) mass is 372 g/mol. The molecule has 0 spiro atoms. The Morgan fingerprint density at radius 1 is 0.913 bits per heavy atom. The Morgan fingerprint density at radius 3 is 1.91 bits per heavy atom. The van der Waals surface area contributed by atoms with Crippen molar-refractivity contribution in [2.24, 2.45) is 5.41 Å². The summed E-state index contributed by atoms with van der Waals surface area (Å²) in [6.07, 6.45) is -12.4. The van der Waals surface area contributed by atoms with Gasteiger partial charge in [-0.3, -0.25) is 0 Å². The molecule has 0 radical (unpaired) electrons. The minimum atomic E-state index is -5.25. The lowest BCUT2D eigenvalue weighted by atomic mass is 9.69. The van der Waals surface area contributed by atoms with E-state index in [9.17, 15) is 26.3 Å². The number of halogens is 6. The van der Waals surface area contributed by atoms with Crippen molar-refractivity contribution in [3.63, 3.8) is 0 Å². The van der Waals surface area contributed by atoms with Crippen LogP contribution in [-0.4, -0.2) is 12.4 Å². The van der Waals surface area contributed by atoms with Gasteiger partial charge in [0.1, 0.15) is 0 Å². The molecule has 1 aliphatic rings. The summed E-state index contributed by atoms with van der Waals surface area (Å²) in [6.45, 7) is 1.97. The highest BCUT2D eigenvalue weighted by Gasteiger charge is 2.70. The largest absolute Gasteiger partial charge is 0.403 e. The van der Waals surface area contributed by atoms with Gasteiger partial charge in [0.2, 0.25) is 0 Å². The van der Waals surface area contributed by atoms with Crippen LogP contribution in [0.2, 0.25) is 0 Å². The second-order valence-electron chi connectivity index (χ2n) is 6.09. The average molecular weight is 372 g/mol. The molecule has 128 valence electrons. The molecule has 0 nitrogen and oxygen atoms in total. The van der Waals surface area contributed by atoms with Gasteiger partial charge in [-0.25, -0.2) is 0 Å². The number of fused-ring (bicyclic) bond motifs is 1. The molecule has 2 heterocycles. The Kier molecular flexibility index (Phi) is 3.99. The van der Waals surface area contributed by atoms with E-state index in [2.05, 4.69) is 0 Å². The first-order chi connectivity index (χ1) is 10.5. The van der Waals surface area contributed by atoms with Crippen molar-refractivity contribution in [2.45, 2.75) is 50.9 Å². The lowest BCUT2D eigenvalue weighted by Crippen LogP contribution is -2.51. The maximum atomic E-state index is 13.1. The molecule has 0 N–H and O–H groups in total. The van der Waals surface area contributed by atoms with Crippen LogP contribution in [0, 0.1) is 12.3 Å². The molecule has 8 heteroatoms. The van der Waals surface area contributed by atoms with Crippen molar-refractivity contribution in [3.05, 3.63) is 21.9 Å². The molecule has 0 saturated heterocycles. The molecular formula is C15H14F6S2. The van der Waals surface area contributed by atoms with Crippen LogP contribution >= 0.6 is 22.7 Å². The minimum Gasteiger partial charge on any atom is -0.170 e. The van der Waals surface area contributed by atoms with Gasteiger partial charge in [-0.1, -0.05) is 0 Å². The van der Waals surface area contributed by atoms with Gasteiger partial charge in [-0.05, 0) is 50.7 Å². The third-order valence-electron chi connectivity index (χ3n) is 4.68. The third kappa shape index (κ3) is 2.77. The van der Waals surface area contributed by atoms with Crippen molar-refractivity contribution in [1.82, 2.24) is 0 Å². The molecule has 0 amide bonds. The van der Waals surface area contributed by atoms with E-state index in [1.807, 2.05) is 19.1 Å². The van der Waals surface area contributed by atoms with Crippen LogP contribution in [0.25, 0.3) is 9.40 Å². The van der Waals surface area contributed by atoms with Gasteiger partial charge in [0, 0.05) is 19.2 Å². The molecule has 0 bridgehead atoms. The lowest BCUT2D eigenvalue weighted by molar-refractivity contribution is -0.350. The first-order valence-corrected chi connectivity index (χ1v) is 8.80. The molecule has 2 aromatic rings. The van der Waals surface area contributed by atoms with E-state index < -0.39 is 30.6 Å². The number of alkyl halides is 6. The van der Waals surface area contributed by atoms with E-state index in [4.69, 9.17) is 0 Å². The zero-order valence-corrected chi connectivity index (χ0v) is 13.8. The van der Waals surface area contributed by atoms with Crippen LogP contribution in [0.15, 0.2) is 12.1 Å². The molecular weight excluding hydrogens is 358 g/mol. The number of rotatable bonds is 1. The fourth-order valence-corrected chi connectivity index (χ4v) is 5.80. The Balaban J connectivity index is 1.82. The Hall–Kier alpha value is -0.760. The highest BCUT2D eigenvalue weighted by molar-refractivity contribution is 7.27. The van der Waals surface area contributed by atoms with Gasteiger partial charge in [-0.15, -0.1) is 22.7 Å². The molecule has 0 atom stereocenters. The second-order valence-corrected chi connectivity index (χ2v) is 8.49. The standard InChI is InChI=1S/C15H14F6S2/c1-8-6-11-12(22-8)7-10(23-11)9-2-4-13(5-3-9,14(16,17)18)15(19,20)21/h6-7,9H,2-5H2,1H3. The van der Waals surface area contributed by atoms with Crippen LogP contribution in [0.5, 0.6) is 0 Å². The van der Waals surface area contributed by atoms with E-state index in [0.717, 1.165) is 19.2 Å². The van der Waals surface area contributed by atoms with Gasteiger partial charge >= 0.3 is 12.4 Å². The molecule has 1 aliphatic carbocycles. The summed E-state index contributed by atoms with van der Waals surface area (Å²) in [5, 5.41) is 0. The van der Waals surface area contributed by atoms with Crippen molar-refractivity contribution in [2.75, 3.05) is 0 Å². The lowest BCUT2D eigenvalue weighted by Gasteiger charge is -2.42. The smallest absolute Gasteiger partial charge is 0.170 e. The topological polar surface area (TPSA) is 0 Å². The van der Waals surface area contributed by atoms with E-state index in [-0.39, 0.29) is 18.8 Å². The molecule has 23 heavy (non-hydrogen) atoms. The normalized spacial score (nSPS) is 20.3. The quantitative estimate of drug-likeness (QED) is 0.471. The zero-order chi connectivity index (χ0) is 17.0. The maximum absolute atomic E-state index is 13.1. The van der Waals surface area contributed by atoms with Gasteiger partial charge in [0.15, 0.2) is 5.41 Å². The van der Waals surface area contributed by atoms with Crippen LogP contribution < -0.4 is 0 Å². The fourth-order valence-electron chi connectivity index (χ4n) is 3.30. The predicted molar refractivity (Wildman–Crippen MR) is 80.2 cm³/mol. The van der Waals surface area contributed by atoms with E-state index in [1.165, 1.54) is 11.3 Å². The highest BCUT2D eigenvalue weighted by atomic mass is 32.1. The Morgan fingerprint density at radius 2 is 1.43 bits per heavy atom.